The fourth-order valence-electron chi connectivity index (χ4n) is 4.09. The van der Waals surface area contributed by atoms with Crippen LogP contribution in [0.3, 0.4) is 0 Å². The first-order chi connectivity index (χ1) is 17.0. The molecule has 1 amide bonds. The van der Waals surface area contributed by atoms with Crippen molar-refractivity contribution in [3.8, 4) is 11.5 Å². The molecule has 0 aliphatic carbocycles. The molecule has 2 aromatic carbocycles. The Bertz CT molecular complexity index is 1290. The molecular formula is C24H26N4O5S2. The van der Waals surface area contributed by atoms with Gasteiger partial charge < -0.3 is 14.4 Å². The van der Waals surface area contributed by atoms with E-state index in [0.29, 0.717) is 36.8 Å². The van der Waals surface area contributed by atoms with E-state index in [9.17, 15) is 13.2 Å². The Kier molecular flexibility index (Phi) is 6.89. The molecule has 0 atom stereocenters. The third-order valence-electron chi connectivity index (χ3n) is 5.99. The van der Waals surface area contributed by atoms with Gasteiger partial charge in [0.1, 0.15) is 0 Å². The van der Waals surface area contributed by atoms with E-state index in [0.717, 1.165) is 36.7 Å². The van der Waals surface area contributed by atoms with Crippen molar-refractivity contribution < 1.29 is 22.7 Å². The van der Waals surface area contributed by atoms with E-state index in [1.807, 2.05) is 23.1 Å². The summed E-state index contributed by atoms with van der Waals surface area (Å²) < 4.78 is 38.2. The summed E-state index contributed by atoms with van der Waals surface area (Å²) >= 11 is 1.22. The minimum atomic E-state index is -3.67. The standard InChI is InChI=1S/C24H26N4O5S2/c29-23(9-7-19-16-34-24(25-19)26-35(30,31)20-4-2-1-3-5-20)28-12-10-27(11-13-28)15-18-6-8-21-22(14-18)33-17-32-21/h1-6,8,14,16H,7,9-13,15,17H2,(H,25,26). The number of carbonyl (C=O) groups is 1. The zero-order chi connectivity index (χ0) is 24.3. The Labute approximate surface area is 208 Å². The van der Waals surface area contributed by atoms with Gasteiger partial charge in [-0.15, -0.1) is 11.3 Å². The zero-order valence-corrected chi connectivity index (χ0v) is 20.7. The van der Waals surface area contributed by atoms with E-state index in [2.05, 4.69) is 14.6 Å². The highest BCUT2D eigenvalue weighted by Crippen LogP contribution is 2.33. The zero-order valence-electron chi connectivity index (χ0n) is 19.1. The molecule has 0 saturated carbocycles. The predicted octanol–water partition coefficient (Wildman–Crippen LogP) is 2.95. The van der Waals surface area contributed by atoms with Crippen LogP contribution in [0.25, 0.3) is 0 Å². The number of nitrogens with zero attached hydrogens (tertiary/aromatic N) is 3. The molecule has 0 radical (unpaired) electrons. The number of hydrogen-bond acceptors (Lipinski definition) is 8. The molecule has 9 nitrogen and oxygen atoms in total. The molecule has 2 aliphatic rings. The Morgan fingerprint density at radius 1 is 1.03 bits per heavy atom. The molecule has 3 heterocycles. The van der Waals surface area contributed by atoms with Crippen molar-refractivity contribution in [2.45, 2.75) is 24.3 Å². The minimum absolute atomic E-state index is 0.0899. The number of benzene rings is 2. The molecule has 1 fully saturated rings. The summed E-state index contributed by atoms with van der Waals surface area (Å²) in [5.74, 6) is 1.66. The van der Waals surface area contributed by atoms with Crippen LogP contribution < -0.4 is 14.2 Å². The van der Waals surface area contributed by atoms with Crippen LogP contribution in [0, 0.1) is 0 Å². The highest BCUT2D eigenvalue weighted by atomic mass is 32.2. The number of sulfonamides is 1. The van der Waals surface area contributed by atoms with Gasteiger partial charge in [-0.3, -0.25) is 14.4 Å². The van der Waals surface area contributed by atoms with Gasteiger partial charge in [0.05, 0.1) is 10.6 Å². The van der Waals surface area contributed by atoms with E-state index in [4.69, 9.17) is 9.47 Å². The second-order valence-electron chi connectivity index (χ2n) is 8.41. The number of hydrogen-bond donors (Lipinski definition) is 1. The molecule has 0 unspecified atom stereocenters. The maximum Gasteiger partial charge on any atom is 0.263 e. The van der Waals surface area contributed by atoms with Crippen molar-refractivity contribution in [2.75, 3.05) is 37.7 Å². The second kappa shape index (κ2) is 10.2. The number of amides is 1. The Hall–Kier alpha value is -3.15. The molecule has 35 heavy (non-hydrogen) atoms. The largest absolute Gasteiger partial charge is 0.454 e. The first-order valence-corrected chi connectivity index (χ1v) is 13.7. The topological polar surface area (TPSA) is 101 Å². The van der Waals surface area contributed by atoms with Crippen LogP contribution in [-0.2, 0) is 27.8 Å². The fraction of sp³-hybridized carbons (Fsp3) is 0.333. The molecule has 3 aromatic rings. The maximum atomic E-state index is 12.7. The van der Waals surface area contributed by atoms with Gasteiger partial charge in [-0.2, -0.15) is 0 Å². The summed E-state index contributed by atoms with van der Waals surface area (Å²) in [6, 6.07) is 14.2. The normalized spacial score (nSPS) is 15.8. The van der Waals surface area contributed by atoms with Crippen LogP contribution in [-0.4, -0.2) is 62.1 Å². The van der Waals surface area contributed by atoms with Crippen molar-refractivity contribution in [2.24, 2.45) is 0 Å². The van der Waals surface area contributed by atoms with Gasteiger partial charge in [0.15, 0.2) is 16.6 Å². The molecule has 5 rings (SSSR count). The third kappa shape index (κ3) is 5.75. The lowest BCUT2D eigenvalue weighted by atomic mass is 10.1. The quantitative estimate of drug-likeness (QED) is 0.493. The summed E-state index contributed by atoms with van der Waals surface area (Å²) in [4.78, 5) is 21.5. The van der Waals surface area contributed by atoms with Crippen molar-refractivity contribution in [3.63, 3.8) is 0 Å². The van der Waals surface area contributed by atoms with E-state index >= 15 is 0 Å². The lowest BCUT2D eigenvalue weighted by molar-refractivity contribution is -0.133. The number of thiazole rings is 1. The molecule has 2 aliphatic heterocycles. The lowest BCUT2D eigenvalue weighted by Crippen LogP contribution is -2.48. The van der Waals surface area contributed by atoms with Crippen LogP contribution >= 0.6 is 11.3 Å². The Morgan fingerprint density at radius 3 is 2.60 bits per heavy atom. The average molecular weight is 515 g/mol. The van der Waals surface area contributed by atoms with Gasteiger partial charge in [-0.05, 0) is 36.2 Å². The van der Waals surface area contributed by atoms with Crippen molar-refractivity contribution in [3.05, 3.63) is 65.2 Å². The monoisotopic (exact) mass is 514 g/mol. The van der Waals surface area contributed by atoms with Crippen molar-refractivity contribution in [1.82, 2.24) is 14.8 Å². The molecular weight excluding hydrogens is 488 g/mol. The fourth-order valence-corrected chi connectivity index (χ4v) is 6.11. The SMILES string of the molecule is O=C(CCc1csc(NS(=O)(=O)c2ccccc2)n1)N1CCN(Cc2ccc3c(c2)OCO3)CC1. The summed E-state index contributed by atoms with van der Waals surface area (Å²) in [7, 11) is -3.67. The van der Waals surface area contributed by atoms with Crippen LogP contribution in [0.2, 0.25) is 0 Å². The minimum Gasteiger partial charge on any atom is -0.454 e. The highest BCUT2D eigenvalue weighted by Gasteiger charge is 2.22. The molecule has 0 bridgehead atoms. The highest BCUT2D eigenvalue weighted by molar-refractivity contribution is 7.93. The summed E-state index contributed by atoms with van der Waals surface area (Å²) in [6.07, 6.45) is 0.816. The number of piperazine rings is 1. The van der Waals surface area contributed by atoms with E-state index in [1.54, 1.807) is 23.6 Å². The molecule has 0 spiro atoms. The first-order valence-electron chi connectivity index (χ1n) is 11.4. The van der Waals surface area contributed by atoms with E-state index < -0.39 is 10.0 Å². The number of carbonyl (C=O) groups excluding carboxylic acids is 1. The summed E-state index contributed by atoms with van der Waals surface area (Å²) in [5.41, 5.74) is 1.87. The maximum absolute atomic E-state index is 12.7. The number of aromatic nitrogens is 1. The molecule has 184 valence electrons. The third-order valence-corrected chi connectivity index (χ3v) is 8.28. The van der Waals surface area contributed by atoms with Gasteiger partial charge in [-0.1, -0.05) is 24.3 Å². The number of rotatable bonds is 8. The van der Waals surface area contributed by atoms with Crippen LogP contribution in [0.15, 0.2) is 58.8 Å². The van der Waals surface area contributed by atoms with Crippen LogP contribution in [0.5, 0.6) is 11.5 Å². The van der Waals surface area contributed by atoms with Gasteiger partial charge >= 0.3 is 0 Å². The lowest BCUT2D eigenvalue weighted by Gasteiger charge is -2.34. The summed E-state index contributed by atoms with van der Waals surface area (Å²) in [6.45, 7) is 4.06. The number of nitrogens with one attached hydrogen (secondary N) is 1. The molecule has 1 saturated heterocycles. The van der Waals surface area contributed by atoms with E-state index in [-0.39, 0.29) is 17.6 Å². The second-order valence-corrected chi connectivity index (χ2v) is 10.9. The van der Waals surface area contributed by atoms with Gasteiger partial charge in [0.25, 0.3) is 10.0 Å². The van der Waals surface area contributed by atoms with Crippen molar-refractivity contribution in [1.29, 1.82) is 0 Å². The number of fused-ring (bicyclic) bond motifs is 1. The smallest absolute Gasteiger partial charge is 0.263 e. The Morgan fingerprint density at radius 2 is 1.80 bits per heavy atom. The average Bonchev–Trinajstić information content (AvgIpc) is 3.52. The molecule has 11 heteroatoms. The molecule has 1 aromatic heterocycles. The van der Waals surface area contributed by atoms with Crippen molar-refractivity contribution >= 4 is 32.4 Å². The summed E-state index contributed by atoms with van der Waals surface area (Å²) in [5, 5.41) is 2.09. The first kappa shape index (κ1) is 23.6. The van der Waals surface area contributed by atoms with Crippen LogP contribution in [0.1, 0.15) is 17.7 Å². The van der Waals surface area contributed by atoms with E-state index in [1.165, 1.54) is 23.5 Å². The molecule has 1 N–H and O–H groups in total. The van der Waals surface area contributed by atoms with Crippen LogP contribution in [0.4, 0.5) is 5.13 Å². The Balaban J connectivity index is 1.07. The number of aryl methyl sites for hydroxylation is 1. The number of anilines is 1. The van der Waals surface area contributed by atoms with Gasteiger partial charge in [-0.25, -0.2) is 13.4 Å². The van der Waals surface area contributed by atoms with Gasteiger partial charge in [0.2, 0.25) is 12.7 Å². The predicted molar refractivity (Wildman–Crippen MR) is 132 cm³/mol. The van der Waals surface area contributed by atoms with Gasteiger partial charge in [0, 0.05) is 44.5 Å². The number of ether oxygens (including phenoxy) is 2.